The first-order chi connectivity index (χ1) is 5.27. The van der Waals surface area contributed by atoms with Gasteiger partial charge in [-0.25, -0.2) is 13.1 Å². The van der Waals surface area contributed by atoms with Gasteiger partial charge in [0.15, 0.2) is 0 Å². The van der Waals surface area contributed by atoms with Crippen molar-refractivity contribution in [2.24, 2.45) is 0 Å². The van der Waals surface area contributed by atoms with Crippen molar-refractivity contribution in [2.75, 3.05) is 12.3 Å². The Bertz CT molecular complexity index is 238. The van der Waals surface area contributed by atoms with Crippen molar-refractivity contribution in [1.29, 1.82) is 0 Å². The Balaban J connectivity index is 4.02. The summed E-state index contributed by atoms with van der Waals surface area (Å²) in [5.41, 5.74) is -1.02. The zero-order valence-electron chi connectivity index (χ0n) is 7.37. The highest BCUT2D eigenvalue weighted by Crippen LogP contribution is 1.98. The second-order valence-electron chi connectivity index (χ2n) is 3.20. The molecule has 5 heteroatoms. The lowest BCUT2D eigenvalue weighted by molar-refractivity contribution is 0.0857. The van der Waals surface area contributed by atoms with Crippen molar-refractivity contribution in [3.8, 4) is 0 Å². The molecular formula is C7H15NO3S. The fraction of sp³-hybridized carbons (Fsp3) is 0.714. The molecule has 0 aromatic rings. The molecule has 0 amide bonds. The van der Waals surface area contributed by atoms with Gasteiger partial charge in [0, 0.05) is 6.54 Å². The highest BCUT2D eigenvalue weighted by Gasteiger charge is 2.16. The van der Waals surface area contributed by atoms with E-state index in [2.05, 4.69) is 11.3 Å². The largest absolute Gasteiger partial charge is 0.389 e. The molecule has 0 bridgehead atoms. The van der Waals surface area contributed by atoms with Crippen molar-refractivity contribution in [3.63, 3.8) is 0 Å². The summed E-state index contributed by atoms with van der Waals surface area (Å²) in [7, 11) is -3.29. The molecular weight excluding hydrogens is 178 g/mol. The van der Waals surface area contributed by atoms with Gasteiger partial charge in [-0.05, 0) is 13.8 Å². The van der Waals surface area contributed by atoms with Crippen LogP contribution < -0.4 is 4.72 Å². The topological polar surface area (TPSA) is 66.4 Å². The zero-order valence-corrected chi connectivity index (χ0v) is 8.19. The first-order valence-corrected chi connectivity index (χ1v) is 5.23. The number of sulfonamides is 1. The van der Waals surface area contributed by atoms with Crippen LogP contribution in [-0.4, -0.2) is 31.4 Å². The highest BCUT2D eigenvalue weighted by molar-refractivity contribution is 7.89. The van der Waals surface area contributed by atoms with E-state index in [1.165, 1.54) is 19.9 Å². The normalized spacial score (nSPS) is 12.9. The minimum atomic E-state index is -3.29. The summed E-state index contributed by atoms with van der Waals surface area (Å²) in [6, 6.07) is 0. The van der Waals surface area contributed by atoms with E-state index < -0.39 is 15.6 Å². The third-order valence-electron chi connectivity index (χ3n) is 1.06. The molecule has 0 heterocycles. The molecule has 0 spiro atoms. The highest BCUT2D eigenvalue weighted by atomic mass is 32.2. The summed E-state index contributed by atoms with van der Waals surface area (Å²) >= 11 is 0. The molecule has 0 saturated carbocycles. The lowest BCUT2D eigenvalue weighted by Crippen LogP contribution is -2.38. The van der Waals surface area contributed by atoms with E-state index in [4.69, 9.17) is 0 Å². The van der Waals surface area contributed by atoms with Crippen LogP contribution in [0.4, 0.5) is 0 Å². The third kappa shape index (κ3) is 6.33. The predicted molar refractivity (Wildman–Crippen MR) is 48.3 cm³/mol. The molecule has 72 valence electrons. The summed E-state index contributed by atoms with van der Waals surface area (Å²) in [6.45, 7) is 6.39. The number of rotatable bonds is 5. The minimum Gasteiger partial charge on any atom is -0.389 e. The first kappa shape index (κ1) is 11.6. The quantitative estimate of drug-likeness (QED) is 0.597. The van der Waals surface area contributed by atoms with Crippen LogP contribution >= 0.6 is 0 Å². The Morgan fingerprint density at radius 3 is 2.42 bits per heavy atom. The lowest BCUT2D eigenvalue weighted by Gasteiger charge is -2.17. The maximum atomic E-state index is 11.0. The van der Waals surface area contributed by atoms with Gasteiger partial charge in [0.25, 0.3) is 0 Å². The molecule has 0 aromatic heterocycles. The van der Waals surface area contributed by atoms with Gasteiger partial charge in [0.05, 0.1) is 11.4 Å². The second-order valence-corrected chi connectivity index (χ2v) is 5.06. The fourth-order valence-electron chi connectivity index (χ4n) is 0.501. The predicted octanol–water partition coefficient (Wildman–Crippen LogP) is -0.137. The minimum absolute atomic E-state index is 0.0170. The van der Waals surface area contributed by atoms with Gasteiger partial charge >= 0.3 is 0 Å². The lowest BCUT2D eigenvalue weighted by atomic mass is 10.1. The van der Waals surface area contributed by atoms with Gasteiger partial charge in [-0.3, -0.25) is 0 Å². The van der Waals surface area contributed by atoms with Gasteiger partial charge in [-0.1, -0.05) is 6.08 Å². The second kappa shape index (κ2) is 4.02. The maximum Gasteiger partial charge on any atom is 0.215 e. The van der Waals surface area contributed by atoms with E-state index in [1.54, 1.807) is 0 Å². The molecule has 0 atom stereocenters. The van der Waals surface area contributed by atoms with Crippen LogP contribution in [0.1, 0.15) is 13.8 Å². The van der Waals surface area contributed by atoms with Crippen LogP contribution in [0.25, 0.3) is 0 Å². The molecule has 4 nitrogen and oxygen atoms in total. The van der Waals surface area contributed by atoms with Gasteiger partial charge < -0.3 is 5.11 Å². The molecule has 0 aliphatic rings. The molecule has 0 aromatic carbocycles. The molecule has 0 saturated heterocycles. The third-order valence-corrected chi connectivity index (χ3v) is 2.32. The van der Waals surface area contributed by atoms with Gasteiger partial charge in [0.2, 0.25) is 10.0 Å². The van der Waals surface area contributed by atoms with E-state index >= 15 is 0 Å². The molecule has 12 heavy (non-hydrogen) atoms. The molecule has 2 N–H and O–H groups in total. The first-order valence-electron chi connectivity index (χ1n) is 3.57. The number of hydrogen-bond acceptors (Lipinski definition) is 3. The van der Waals surface area contributed by atoms with Crippen molar-refractivity contribution in [3.05, 3.63) is 12.7 Å². The van der Waals surface area contributed by atoms with Crippen LogP contribution in [0, 0.1) is 0 Å². The smallest absolute Gasteiger partial charge is 0.215 e. The molecule has 0 fully saturated rings. The van der Waals surface area contributed by atoms with Crippen LogP contribution in [0.5, 0.6) is 0 Å². The Labute approximate surface area is 73.3 Å². The van der Waals surface area contributed by atoms with Gasteiger partial charge in [0.1, 0.15) is 0 Å². The van der Waals surface area contributed by atoms with Crippen LogP contribution in [0.2, 0.25) is 0 Å². The van der Waals surface area contributed by atoms with Gasteiger partial charge in [-0.2, -0.15) is 0 Å². The van der Waals surface area contributed by atoms with E-state index in [9.17, 15) is 13.5 Å². The Morgan fingerprint density at radius 1 is 1.58 bits per heavy atom. The average molecular weight is 193 g/mol. The van der Waals surface area contributed by atoms with Crippen LogP contribution in [0.15, 0.2) is 12.7 Å². The fourth-order valence-corrected chi connectivity index (χ4v) is 1.50. The molecule has 0 aliphatic heterocycles. The summed E-state index contributed by atoms with van der Waals surface area (Å²) < 4.78 is 24.2. The van der Waals surface area contributed by atoms with Crippen molar-refractivity contribution in [2.45, 2.75) is 19.4 Å². The summed E-state index contributed by atoms with van der Waals surface area (Å²) in [5.74, 6) is -0.122. The standard InChI is InChI=1S/C7H15NO3S/c1-4-5-12(10,11)8-6-7(2,3)9/h4,8-9H,1,5-6H2,2-3H3. The van der Waals surface area contributed by atoms with Crippen LogP contribution in [-0.2, 0) is 10.0 Å². The van der Waals surface area contributed by atoms with E-state index in [-0.39, 0.29) is 12.3 Å². The Hall–Kier alpha value is -0.390. The maximum absolute atomic E-state index is 11.0. The van der Waals surface area contributed by atoms with Crippen molar-refractivity contribution >= 4 is 10.0 Å². The Morgan fingerprint density at radius 2 is 2.08 bits per heavy atom. The number of aliphatic hydroxyl groups is 1. The SMILES string of the molecule is C=CCS(=O)(=O)NCC(C)(C)O. The van der Waals surface area contributed by atoms with E-state index in [0.717, 1.165) is 0 Å². The molecule has 0 rings (SSSR count). The molecule has 0 unspecified atom stereocenters. The summed E-state index contributed by atoms with van der Waals surface area (Å²) in [5, 5.41) is 9.20. The van der Waals surface area contributed by atoms with E-state index in [0.29, 0.717) is 0 Å². The monoisotopic (exact) mass is 193 g/mol. The molecule has 0 aliphatic carbocycles. The van der Waals surface area contributed by atoms with E-state index in [1.807, 2.05) is 0 Å². The molecule has 0 radical (unpaired) electrons. The average Bonchev–Trinajstić information content (AvgIpc) is 1.83. The zero-order chi connectivity index (χ0) is 9.83. The number of hydrogen-bond donors (Lipinski definition) is 2. The van der Waals surface area contributed by atoms with Gasteiger partial charge in [-0.15, -0.1) is 6.58 Å². The van der Waals surface area contributed by atoms with Crippen molar-refractivity contribution in [1.82, 2.24) is 4.72 Å². The van der Waals surface area contributed by atoms with Crippen molar-refractivity contribution < 1.29 is 13.5 Å². The summed E-state index contributed by atoms with van der Waals surface area (Å²) in [4.78, 5) is 0. The number of nitrogens with one attached hydrogen (secondary N) is 1. The Kier molecular flexibility index (Phi) is 3.89. The van der Waals surface area contributed by atoms with Crippen LogP contribution in [0.3, 0.4) is 0 Å². The summed E-state index contributed by atoms with van der Waals surface area (Å²) in [6.07, 6.45) is 1.30.